The molecular formula is C22H23Cl2N3O2S. The van der Waals surface area contributed by atoms with Gasteiger partial charge >= 0.3 is 0 Å². The molecule has 2 aromatic rings. The Labute approximate surface area is 190 Å². The predicted octanol–water partition coefficient (Wildman–Crippen LogP) is 4.59. The second-order valence-electron chi connectivity index (χ2n) is 8.02. The number of aromatic hydroxyl groups is 1. The van der Waals surface area contributed by atoms with Crippen molar-refractivity contribution < 1.29 is 9.90 Å². The number of amides is 1. The molecule has 1 saturated heterocycles. The van der Waals surface area contributed by atoms with Crippen molar-refractivity contribution in [3.05, 3.63) is 52.0 Å². The Kier molecular flexibility index (Phi) is 5.52. The molecule has 8 heteroatoms. The van der Waals surface area contributed by atoms with Crippen molar-refractivity contribution in [3.8, 4) is 5.75 Å². The lowest BCUT2D eigenvalue weighted by molar-refractivity contribution is -0.122. The molecular weight excluding hydrogens is 441 g/mol. The zero-order valence-electron chi connectivity index (χ0n) is 16.4. The van der Waals surface area contributed by atoms with Crippen LogP contribution in [0.25, 0.3) is 0 Å². The quantitative estimate of drug-likeness (QED) is 0.718. The largest absolute Gasteiger partial charge is 0.506 e. The fraction of sp³-hybridized carbons (Fsp3) is 0.409. The minimum Gasteiger partial charge on any atom is -0.506 e. The first kappa shape index (κ1) is 20.3. The van der Waals surface area contributed by atoms with Crippen molar-refractivity contribution in [1.29, 1.82) is 0 Å². The van der Waals surface area contributed by atoms with E-state index in [0.29, 0.717) is 35.6 Å². The van der Waals surface area contributed by atoms with Crippen LogP contribution in [-0.4, -0.2) is 52.7 Å². The lowest BCUT2D eigenvalue weighted by atomic mass is 10.1. The van der Waals surface area contributed by atoms with Crippen LogP contribution in [0.5, 0.6) is 5.75 Å². The van der Waals surface area contributed by atoms with E-state index in [-0.39, 0.29) is 22.7 Å². The van der Waals surface area contributed by atoms with E-state index in [1.807, 2.05) is 23.1 Å². The summed E-state index contributed by atoms with van der Waals surface area (Å²) in [6.07, 6.45) is 2.47. The van der Waals surface area contributed by atoms with Crippen LogP contribution in [0.15, 0.2) is 36.4 Å². The lowest BCUT2D eigenvalue weighted by Gasteiger charge is -2.39. The van der Waals surface area contributed by atoms with Crippen LogP contribution in [-0.2, 0) is 11.3 Å². The summed E-state index contributed by atoms with van der Waals surface area (Å²) in [7, 11) is 0. The molecule has 1 amide bonds. The molecule has 1 unspecified atom stereocenters. The molecule has 158 valence electrons. The molecule has 1 atom stereocenters. The molecule has 30 heavy (non-hydrogen) atoms. The molecule has 2 heterocycles. The monoisotopic (exact) mass is 463 g/mol. The second-order valence-corrected chi connectivity index (χ2v) is 9.84. The number of nitrogens with zero attached hydrogens (tertiary/aromatic N) is 3. The number of rotatable bonds is 4. The number of thioether (sulfide) groups is 1. The second kappa shape index (κ2) is 8.15. The highest BCUT2D eigenvalue weighted by Gasteiger charge is 2.40. The first-order valence-electron chi connectivity index (χ1n) is 10.2. The number of phenols is 1. The summed E-state index contributed by atoms with van der Waals surface area (Å²) in [4.78, 5) is 20.1. The first-order chi connectivity index (χ1) is 14.5. The summed E-state index contributed by atoms with van der Waals surface area (Å²) < 4.78 is 0. The van der Waals surface area contributed by atoms with Gasteiger partial charge in [-0.3, -0.25) is 9.69 Å². The molecule has 0 spiro atoms. The molecule has 1 aliphatic carbocycles. The number of benzene rings is 2. The molecule has 5 rings (SSSR count). The molecule has 2 fully saturated rings. The molecule has 0 bridgehead atoms. The highest BCUT2D eigenvalue weighted by atomic mass is 35.5. The molecule has 0 aromatic heterocycles. The zero-order valence-corrected chi connectivity index (χ0v) is 18.8. The number of fused-ring (bicyclic) bond motifs is 1. The van der Waals surface area contributed by atoms with Gasteiger partial charge in [-0.2, -0.15) is 0 Å². The minimum absolute atomic E-state index is 0.00402. The third kappa shape index (κ3) is 3.64. The van der Waals surface area contributed by atoms with E-state index < -0.39 is 0 Å². The average Bonchev–Trinajstić information content (AvgIpc) is 3.50. The Morgan fingerprint density at radius 1 is 1.07 bits per heavy atom. The highest BCUT2D eigenvalue weighted by Crippen LogP contribution is 2.41. The Hall–Kier alpha value is -1.60. The van der Waals surface area contributed by atoms with E-state index in [1.165, 1.54) is 12.8 Å². The van der Waals surface area contributed by atoms with Gasteiger partial charge in [0, 0.05) is 47.9 Å². The van der Waals surface area contributed by atoms with Crippen LogP contribution in [0.4, 0.5) is 11.4 Å². The molecule has 2 aromatic carbocycles. The number of hydrogen-bond donors (Lipinski definition) is 1. The lowest BCUT2D eigenvalue weighted by Crippen LogP contribution is -2.52. The number of para-hydroxylation sites is 2. The van der Waals surface area contributed by atoms with E-state index in [4.69, 9.17) is 23.2 Å². The summed E-state index contributed by atoms with van der Waals surface area (Å²) in [6, 6.07) is 11.8. The fourth-order valence-corrected chi connectivity index (χ4v) is 5.93. The maximum atomic E-state index is 13.6. The van der Waals surface area contributed by atoms with Crippen molar-refractivity contribution >= 4 is 52.2 Å². The number of anilines is 2. The average molecular weight is 464 g/mol. The normalized spacial score (nSPS) is 21.7. The number of phenolic OH excluding ortho intramolecular Hbond substituents is 1. The van der Waals surface area contributed by atoms with Crippen molar-refractivity contribution in [1.82, 2.24) is 4.90 Å². The number of carbonyl (C=O) groups excluding carboxylic acids is 1. The summed E-state index contributed by atoms with van der Waals surface area (Å²) in [5, 5.41) is 11.1. The Bertz CT molecular complexity index is 985. The van der Waals surface area contributed by atoms with Gasteiger partial charge in [0.2, 0.25) is 5.91 Å². The smallest absolute Gasteiger partial charge is 0.245 e. The van der Waals surface area contributed by atoms with Crippen LogP contribution >= 0.6 is 35.0 Å². The van der Waals surface area contributed by atoms with Crippen molar-refractivity contribution in [2.24, 2.45) is 0 Å². The highest BCUT2D eigenvalue weighted by molar-refractivity contribution is 7.99. The van der Waals surface area contributed by atoms with Crippen LogP contribution < -0.4 is 9.80 Å². The third-order valence-corrected chi connectivity index (χ3v) is 7.82. The van der Waals surface area contributed by atoms with E-state index in [1.54, 1.807) is 23.9 Å². The maximum absolute atomic E-state index is 13.6. The topological polar surface area (TPSA) is 47.0 Å². The standard InChI is InChI=1S/C22H23Cl2N3O2S/c23-16-7-8-17(24)21(28)15(16)11-25-13-30-12-20(25)22(29)27-10-9-26(14-5-6-14)18-3-1-2-4-19(18)27/h1-4,7-8,14,20,28H,5-6,9-13H2. The van der Waals surface area contributed by atoms with E-state index in [0.717, 1.165) is 23.7 Å². The number of hydrogen-bond acceptors (Lipinski definition) is 5. The van der Waals surface area contributed by atoms with Crippen LogP contribution in [0.1, 0.15) is 18.4 Å². The van der Waals surface area contributed by atoms with E-state index in [9.17, 15) is 9.90 Å². The summed E-state index contributed by atoms with van der Waals surface area (Å²) >= 11 is 14.1. The zero-order chi connectivity index (χ0) is 20.8. The molecule has 5 nitrogen and oxygen atoms in total. The molecule has 3 aliphatic rings. The van der Waals surface area contributed by atoms with Crippen molar-refractivity contribution in [2.75, 3.05) is 34.5 Å². The van der Waals surface area contributed by atoms with Gasteiger partial charge < -0.3 is 14.9 Å². The van der Waals surface area contributed by atoms with E-state index >= 15 is 0 Å². The number of carbonyl (C=O) groups is 1. The fourth-order valence-electron chi connectivity index (χ4n) is 4.36. The minimum atomic E-state index is -0.259. The molecule has 0 radical (unpaired) electrons. The summed E-state index contributed by atoms with van der Waals surface area (Å²) in [5.41, 5.74) is 2.73. The van der Waals surface area contributed by atoms with Gasteiger partial charge in [-0.15, -0.1) is 11.8 Å². The Morgan fingerprint density at radius 3 is 2.57 bits per heavy atom. The molecule has 1 N–H and O–H groups in total. The van der Waals surface area contributed by atoms with Crippen molar-refractivity contribution in [3.63, 3.8) is 0 Å². The maximum Gasteiger partial charge on any atom is 0.245 e. The van der Waals surface area contributed by atoms with Gasteiger partial charge in [0.1, 0.15) is 5.75 Å². The Morgan fingerprint density at radius 2 is 1.80 bits per heavy atom. The van der Waals surface area contributed by atoms with Crippen LogP contribution in [0, 0.1) is 0 Å². The summed E-state index contributed by atoms with van der Waals surface area (Å²) in [5.74, 6) is 1.54. The van der Waals surface area contributed by atoms with Crippen LogP contribution in [0.3, 0.4) is 0 Å². The third-order valence-electron chi connectivity index (χ3n) is 6.10. The van der Waals surface area contributed by atoms with Gasteiger partial charge in [0.15, 0.2) is 0 Å². The van der Waals surface area contributed by atoms with Gasteiger partial charge in [0.05, 0.1) is 22.4 Å². The van der Waals surface area contributed by atoms with E-state index in [2.05, 4.69) is 15.9 Å². The Balaban J connectivity index is 1.39. The van der Waals surface area contributed by atoms with Gasteiger partial charge in [-0.05, 0) is 37.1 Å². The van der Waals surface area contributed by atoms with Gasteiger partial charge in [-0.25, -0.2) is 0 Å². The molecule has 2 aliphatic heterocycles. The predicted molar refractivity (Wildman–Crippen MR) is 124 cm³/mol. The van der Waals surface area contributed by atoms with Gasteiger partial charge in [-0.1, -0.05) is 35.3 Å². The van der Waals surface area contributed by atoms with Crippen molar-refractivity contribution in [2.45, 2.75) is 31.5 Å². The van der Waals surface area contributed by atoms with Gasteiger partial charge in [0.25, 0.3) is 0 Å². The first-order valence-corrected chi connectivity index (χ1v) is 12.1. The molecule has 1 saturated carbocycles. The van der Waals surface area contributed by atoms with Crippen LogP contribution in [0.2, 0.25) is 10.0 Å². The summed E-state index contributed by atoms with van der Waals surface area (Å²) in [6.45, 7) is 1.96. The number of halogens is 2. The SMILES string of the molecule is O=C(C1CSCN1Cc1c(Cl)ccc(Cl)c1O)N1CCN(C2CC2)c2ccccc21.